The first kappa shape index (κ1) is 26.9. The van der Waals surface area contributed by atoms with Crippen LogP contribution in [-0.2, 0) is 6.42 Å². The molecule has 1 atom stereocenters. The van der Waals surface area contributed by atoms with Gasteiger partial charge in [-0.3, -0.25) is 0 Å². The predicted octanol–water partition coefficient (Wildman–Crippen LogP) is 7.25. The van der Waals surface area contributed by atoms with Crippen LogP contribution in [0, 0.1) is 12.8 Å². The van der Waals surface area contributed by atoms with Crippen molar-refractivity contribution in [2.75, 3.05) is 31.6 Å². The third-order valence-corrected chi connectivity index (χ3v) is 6.14. The van der Waals surface area contributed by atoms with Gasteiger partial charge in [0.25, 0.3) is 0 Å². The Morgan fingerprint density at radius 2 is 1.67 bits per heavy atom. The van der Waals surface area contributed by atoms with Crippen molar-refractivity contribution in [3.05, 3.63) is 64.2 Å². The Labute approximate surface area is 195 Å². The Hall–Kier alpha value is -1.16. The zero-order valence-corrected chi connectivity index (χ0v) is 21.1. The van der Waals surface area contributed by atoms with E-state index in [1.807, 2.05) is 26.0 Å². The lowest BCUT2D eigenvalue weighted by atomic mass is 9.88. The molecule has 2 aromatic carbocycles. The fraction of sp³-hybridized carbons (Fsp3) is 0.538. The molecule has 0 radical (unpaired) electrons. The highest BCUT2D eigenvalue weighted by Crippen LogP contribution is 2.31. The molecule has 0 spiro atoms. The van der Waals surface area contributed by atoms with E-state index in [0.717, 1.165) is 23.0 Å². The first-order valence-electron chi connectivity index (χ1n) is 11.3. The summed E-state index contributed by atoms with van der Waals surface area (Å²) < 4.78 is 0. The highest BCUT2D eigenvalue weighted by Gasteiger charge is 2.22. The van der Waals surface area contributed by atoms with Crippen LogP contribution < -0.4 is 5.73 Å². The van der Waals surface area contributed by atoms with Crippen LogP contribution in [0.3, 0.4) is 0 Å². The summed E-state index contributed by atoms with van der Waals surface area (Å²) in [6.45, 7) is 12.0. The molecule has 1 aliphatic heterocycles. The minimum Gasteiger partial charge on any atom is -0.399 e. The van der Waals surface area contributed by atoms with E-state index in [1.165, 1.54) is 55.6 Å². The van der Waals surface area contributed by atoms with Crippen LogP contribution in [0.25, 0.3) is 0 Å². The average Bonchev–Trinajstić information content (AvgIpc) is 2.78. The van der Waals surface area contributed by atoms with E-state index < -0.39 is 0 Å². The molecule has 4 heteroatoms. The van der Waals surface area contributed by atoms with Crippen LogP contribution in [0.1, 0.15) is 62.6 Å². The quantitative estimate of drug-likeness (QED) is 0.359. The smallest absolute Gasteiger partial charge is 0.0438 e. The molecule has 3 rings (SSSR count). The van der Waals surface area contributed by atoms with Crippen LogP contribution in [0.2, 0.25) is 5.02 Å². The van der Waals surface area contributed by atoms with E-state index in [9.17, 15) is 0 Å². The van der Waals surface area contributed by atoms with Crippen molar-refractivity contribution in [1.29, 1.82) is 0 Å². The van der Waals surface area contributed by atoms with Gasteiger partial charge in [0.2, 0.25) is 0 Å². The van der Waals surface area contributed by atoms with Gasteiger partial charge in [0.05, 0.1) is 0 Å². The van der Waals surface area contributed by atoms with Crippen LogP contribution in [0.5, 0.6) is 0 Å². The lowest BCUT2D eigenvalue weighted by molar-refractivity contribution is 0.184. The van der Waals surface area contributed by atoms with Crippen LogP contribution in [0.15, 0.2) is 42.5 Å². The van der Waals surface area contributed by atoms with Gasteiger partial charge in [0.15, 0.2) is 0 Å². The van der Waals surface area contributed by atoms with Crippen molar-refractivity contribution in [3.8, 4) is 0 Å². The molecule has 30 heavy (non-hydrogen) atoms. The summed E-state index contributed by atoms with van der Waals surface area (Å²) in [6.07, 6.45) is 6.55. The molecular formula is C26H41ClN2S. The first-order valence-corrected chi connectivity index (χ1v) is 12.6. The molecule has 0 aromatic heterocycles. The summed E-state index contributed by atoms with van der Waals surface area (Å²) in [5.74, 6) is 1.38. The highest BCUT2D eigenvalue weighted by molar-refractivity contribution is 7.79. The Bertz CT molecular complexity index is 709. The largest absolute Gasteiger partial charge is 0.399 e. The Balaban J connectivity index is 0.00000106. The van der Waals surface area contributed by atoms with Crippen molar-refractivity contribution in [1.82, 2.24) is 4.90 Å². The van der Waals surface area contributed by atoms with E-state index in [4.69, 9.17) is 17.3 Å². The summed E-state index contributed by atoms with van der Waals surface area (Å²) >= 11 is 9.83. The zero-order valence-electron chi connectivity index (χ0n) is 19.5. The second-order valence-corrected chi connectivity index (χ2v) is 8.38. The van der Waals surface area contributed by atoms with Crippen molar-refractivity contribution in [3.63, 3.8) is 0 Å². The van der Waals surface area contributed by atoms with Gasteiger partial charge in [-0.2, -0.15) is 12.6 Å². The van der Waals surface area contributed by atoms with Gasteiger partial charge in [-0.05, 0) is 98.7 Å². The van der Waals surface area contributed by atoms with E-state index >= 15 is 0 Å². The maximum atomic E-state index is 6.31. The van der Waals surface area contributed by atoms with Crippen molar-refractivity contribution in [2.45, 2.75) is 59.3 Å². The fourth-order valence-electron chi connectivity index (χ4n) is 3.94. The number of anilines is 1. The summed E-state index contributed by atoms with van der Waals surface area (Å²) in [5.41, 5.74) is 10.6. The molecule has 1 heterocycles. The number of piperidine rings is 1. The van der Waals surface area contributed by atoms with Gasteiger partial charge in [-0.1, -0.05) is 56.6 Å². The van der Waals surface area contributed by atoms with Crippen LogP contribution in [-0.4, -0.2) is 30.8 Å². The number of benzene rings is 2. The third kappa shape index (κ3) is 8.91. The van der Waals surface area contributed by atoms with Gasteiger partial charge in [0, 0.05) is 17.3 Å². The Kier molecular flexibility index (Phi) is 13.2. The van der Waals surface area contributed by atoms with Crippen molar-refractivity contribution < 1.29 is 0 Å². The van der Waals surface area contributed by atoms with Gasteiger partial charge < -0.3 is 10.6 Å². The van der Waals surface area contributed by atoms with Crippen molar-refractivity contribution >= 4 is 29.9 Å². The van der Waals surface area contributed by atoms with E-state index in [2.05, 4.69) is 61.7 Å². The van der Waals surface area contributed by atoms with Gasteiger partial charge in [-0.15, -0.1) is 0 Å². The number of likely N-dealkylation sites (tertiary alicyclic amines) is 1. The maximum absolute atomic E-state index is 6.31. The third-order valence-electron chi connectivity index (χ3n) is 5.73. The van der Waals surface area contributed by atoms with E-state index in [-0.39, 0.29) is 0 Å². The average molecular weight is 449 g/mol. The monoisotopic (exact) mass is 448 g/mol. The highest BCUT2D eigenvalue weighted by atomic mass is 35.5. The standard InChI is InChI=1S/C23H31ClN2.C2H6.CH4S/c1-17(3-5-19-6-9-22(25)10-7-19)16-26-13-11-20(12-14-26)21-8-4-18(2)23(24)15-21;2*1-2/h4,6-10,15,17,20H,3,5,11-14,16,25H2,1-2H3;1-2H3;2H,1H3. The number of hydrogen-bond donors (Lipinski definition) is 2. The van der Waals surface area contributed by atoms with Crippen LogP contribution in [0.4, 0.5) is 5.69 Å². The lowest BCUT2D eigenvalue weighted by Crippen LogP contribution is -2.36. The Morgan fingerprint density at radius 1 is 1.07 bits per heavy atom. The molecule has 1 aliphatic rings. The topological polar surface area (TPSA) is 29.3 Å². The number of aryl methyl sites for hydroxylation is 2. The molecule has 2 aromatic rings. The second-order valence-electron chi connectivity index (χ2n) is 7.97. The molecule has 0 saturated carbocycles. The molecule has 2 N–H and O–H groups in total. The SMILES string of the molecule is CC.CS.Cc1ccc(C2CCN(CC(C)CCc3ccc(N)cc3)CC2)cc1Cl. The molecule has 0 amide bonds. The molecule has 1 fully saturated rings. The summed E-state index contributed by atoms with van der Waals surface area (Å²) in [6, 6.07) is 14.9. The van der Waals surface area contributed by atoms with Crippen molar-refractivity contribution in [2.24, 2.45) is 5.92 Å². The number of nitrogens with zero attached hydrogens (tertiary/aromatic N) is 1. The minimum absolute atomic E-state index is 0.662. The number of hydrogen-bond acceptors (Lipinski definition) is 3. The van der Waals surface area contributed by atoms with Gasteiger partial charge >= 0.3 is 0 Å². The first-order chi connectivity index (χ1) is 14.5. The normalized spacial score (nSPS) is 15.4. The number of nitrogen functional groups attached to an aromatic ring is 1. The number of rotatable bonds is 6. The summed E-state index contributed by atoms with van der Waals surface area (Å²) in [4.78, 5) is 2.64. The molecule has 1 unspecified atom stereocenters. The number of nitrogens with two attached hydrogens (primary N) is 1. The van der Waals surface area contributed by atoms with E-state index in [1.54, 1.807) is 6.26 Å². The molecule has 2 nitrogen and oxygen atoms in total. The minimum atomic E-state index is 0.662. The molecular weight excluding hydrogens is 408 g/mol. The lowest BCUT2D eigenvalue weighted by Gasteiger charge is -2.34. The van der Waals surface area contributed by atoms with Gasteiger partial charge in [-0.25, -0.2) is 0 Å². The van der Waals surface area contributed by atoms with Crippen LogP contribution >= 0.6 is 24.2 Å². The second kappa shape index (κ2) is 14.8. The molecule has 0 aliphatic carbocycles. The molecule has 1 saturated heterocycles. The summed E-state index contributed by atoms with van der Waals surface area (Å²) in [5, 5.41) is 0.904. The maximum Gasteiger partial charge on any atom is 0.0438 e. The van der Waals surface area contributed by atoms with Gasteiger partial charge in [0.1, 0.15) is 0 Å². The number of thiol groups is 1. The fourth-order valence-corrected chi connectivity index (χ4v) is 4.13. The van der Waals surface area contributed by atoms with E-state index in [0.29, 0.717) is 5.92 Å². The molecule has 0 bridgehead atoms. The predicted molar refractivity (Wildman–Crippen MR) is 139 cm³/mol. The zero-order chi connectivity index (χ0) is 22.5. The number of halogens is 1. The Morgan fingerprint density at radius 3 is 2.23 bits per heavy atom. The molecule has 168 valence electrons. The summed E-state index contributed by atoms with van der Waals surface area (Å²) in [7, 11) is 0.